The van der Waals surface area contributed by atoms with E-state index in [1.807, 2.05) is 0 Å². The number of rotatable bonds is 4. The van der Waals surface area contributed by atoms with Gasteiger partial charge in [-0.15, -0.1) is 0 Å². The van der Waals surface area contributed by atoms with Crippen LogP contribution in [0, 0.1) is 11.8 Å². The molecule has 1 aliphatic heterocycles. The number of hydrogen-bond donors (Lipinski definition) is 2. The summed E-state index contributed by atoms with van der Waals surface area (Å²) >= 11 is 5.19. The van der Waals surface area contributed by atoms with Crippen molar-refractivity contribution in [2.45, 2.75) is 57.9 Å². The summed E-state index contributed by atoms with van der Waals surface area (Å²) in [6, 6.07) is 0. The van der Waals surface area contributed by atoms with Crippen molar-refractivity contribution in [3.05, 3.63) is 0 Å². The second-order valence-electron chi connectivity index (χ2n) is 6.84. The van der Waals surface area contributed by atoms with Crippen molar-refractivity contribution in [3.63, 3.8) is 0 Å². The molecule has 7 heteroatoms. The molecule has 2 fully saturated rings. The van der Waals surface area contributed by atoms with E-state index in [4.69, 9.17) is 18.0 Å². The van der Waals surface area contributed by atoms with Crippen molar-refractivity contribution in [3.8, 4) is 0 Å². The van der Waals surface area contributed by atoms with Gasteiger partial charge in [-0.25, -0.2) is 0 Å². The quantitative estimate of drug-likeness (QED) is 0.769. The Kier molecular flexibility index (Phi) is 5.28. The van der Waals surface area contributed by atoms with Gasteiger partial charge in [0.2, 0.25) is 0 Å². The normalized spacial score (nSPS) is 35.5. The number of piperidine rings is 1. The van der Waals surface area contributed by atoms with Crippen molar-refractivity contribution in [1.29, 1.82) is 0 Å². The lowest BCUT2D eigenvalue weighted by Crippen LogP contribution is -2.61. The minimum Gasteiger partial charge on any atom is -0.392 e. The molecule has 0 amide bonds. The number of nitrogens with two attached hydrogens (primary N) is 1. The first-order valence-corrected chi connectivity index (χ1v) is 9.69. The molecule has 0 spiro atoms. The molecule has 0 aromatic heterocycles. The highest BCUT2D eigenvalue weighted by atomic mass is 32.2. The molecule has 21 heavy (non-hydrogen) atoms. The van der Waals surface area contributed by atoms with Gasteiger partial charge >= 0.3 is 0 Å². The van der Waals surface area contributed by atoms with E-state index >= 15 is 0 Å². The smallest absolute Gasteiger partial charge is 0.280 e. The lowest BCUT2D eigenvalue weighted by molar-refractivity contribution is 0.257. The average Bonchev–Trinajstić information content (AvgIpc) is 2.41. The molecule has 0 radical (unpaired) electrons. The Labute approximate surface area is 133 Å². The first-order chi connectivity index (χ1) is 9.75. The first-order valence-electron chi connectivity index (χ1n) is 7.84. The summed E-state index contributed by atoms with van der Waals surface area (Å²) in [6.07, 6.45) is 5.31. The summed E-state index contributed by atoms with van der Waals surface area (Å²) in [4.78, 5) is 0.281. The van der Waals surface area contributed by atoms with Gasteiger partial charge in [-0.05, 0) is 50.4 Å². The maximum Gasteiger partial charge on any atom is 0.280 e. The van der Waals surface area contributed by atoms with Gasteiger partial charge in [-0.1, -0.05) is 26.1 Å². The molecule has 3 N–H and O–H groups in total. The van der Waals surface area contributed by atoms with E-state index in [1.54, 1.807) is 4.31 Å². The van der Waals surface area contributed by atoms with Gasteiger partial charge in [-0.3, -0.25) is 0 Å². The first kappa shape index (κ1) is 17.1. The summed E-state index contributed by atoms with van der Waals surface area (Å²) in [5.41, 5.74) is 5.16. The summed E-state index contributed by atoms with van der Waals surface area (Å²) < 4.78 is 29.8. The van der Waals surface area contributed by atoms with Crippen LogP contribution in [0.15, 0.2) is 0 Å². The molecule has 1 unspecified atom stereocenters. The van der Waals surface area contributed by atoms with Crippen molar-refractivity contribution >= 4 is 27.4 Å². The van der Waals surface area contributed by atoms with E-state index in [0.29, 0.717) is 37.8 Å². The van der Waals surface area contributed by atoms with Crippen LogP contribution in [0.3, 0.4) is 0 Å². The average molecular weight is 334 g/mol. The predicted octanol–water partition coefficient (Wildman–Crippen LogP) is 1.79. The highest BCUT2D eigenvalue weighted by molar-refractivity contribution is 7.87. The van der Waals surface area contributed by atoms with Gasteiger partial charge < -0.3 is 5.73 Å². The number of thiocarbonyl (C=S) groups is 1. The summed E-state index contributed by atoms with van der Waals surface area (Å²) in [7, 11) is -3.52. The zero-order valence-corrected chi connectivity index (χ0v) is 14.6. The summed E-state index contributed by atoms with van der Waals surface area (Å²) in [6.45, 7) is 5.44. The SMILES string of the molecule is CC1CCC(NS(=O)(=O)N2CCCC(C)C2)(C(N)=S)CC1. The van der Waals surface area contributed by atoms with Crippen LogP contribution in [0.1, 0.15) is 52.4 Å². The maximum absolute atomic E-state index is 12.7. The molecule has 1 heterocycles. The Morgan fingerprint density at radius 1 is 1.24 bits per heavy atom. The molecule has 2 rings (SSSR count). The fourth-order valence-electron chi connectivity index (χ4n) is 3.33. The fraction of sp³-hybridized carbons (Fsp3) is 0.929. The fourth-order valence-corrected chi connectivity index (χ4v) is 5.41. The zero-order valence-electron chi connectivity index (χ0n) is 13.0. The van der Waals surface area contributed by atoms with Crippen molar-refractivity contribution in [2.24, 2.45) is 17.6 Å². The molecule has 1 saturated heterocycles. The van der Waals surface area contributed by atoms with E-state index in [-0.39, 0.29) is 4.99 Å². The molecular weight excluding hydrogens is 306 g/mol. The van der Waals surface area contributed by atoms with E-state index < -0.39 is 15.7 Å². The van der Waals surface area contributed by atoms with Crippen LogP contribution >= 0.6 is 12.2 Å². The Morgan fingerprint density at radius 3 is 2.38 bits per heavy atom. The van der Waals surface area contributed by atoms with E-state index in [9.17, 15) is 8.42 Å². The number of hydrogen-bond acceptors (Lipinski definition) is 3. The van der Waals surface area contributed by atoms with Gasteiger partial charge in [0, 0.05) is 13.1 Å². The molecule has 1 aliphatic carbocycles. The Balaban J connectivity index is 2.14. The van der Waals surface area contributed by atoms with Gasteiger partial charge in [-0.2, -0.15) is 17.4 Å². The molecule has 1 saturated carbocycles. The monoisotopic (exact) mass is 333 g/mol. The summed E-state index contributed by atoms with van der Waals surface area (Å²) in [5, 5.41) is 0. The highest BCUT2D eigenvalue weighted by Crippen LogP contribution is 2.33. The standard InChI is InChI=1S/C14H27N3O2S2/c1-11-5-7-14(8-6-11,13(15)20)16-21(18,19)17-9-3-4-12(2)10-17/h11-12,16H,3-10H2,1-2H3,(H2,15,20). The Morgan fingerprint density at radius 2 is 1.86 bits per heavy atom. The van der Waals surface area contributed by atoms with Crippen LogP contribution in [-0.4, -0.2) is 36.3 Å². The molecule has 2 aliphatic rings. The Hall–Kier alpha value is -0.240. The molecule has 1 atom stereocenters. The van der Waals surface area contributed by atoms with Crippen molar-refractivity contribution in [2.75, 3.05) is 13.1 Å². The van der Waals surface area contributed by atoms with Gasteiger partial charge in [0.1, 0.15) is 0 Å². The maximum atomic E-state index is 12.7. The van der Waals surface area contributed by atoms with E-state index in [1.165, 1.54) is 0 Å². The predicted molar refractivity (Wildman–Crippen MR) is 89.2 cm³/mol. The number of nitrogens with zero attached hydrogens (tertiary/aromatic N) is 1. The van der Waals surface area contributed by atoms with Gasteiger partial charge in [0.05, 0.1) is 10.5 Å². The molecule has 0 aromatic carbocycles. The van der Waals surface area contributed by atoms with Crippen molar-refractivity contribution in [1.82, 2.24) is 9.03 Å². The van der Waals surface area contributed by atoms with Gasteiger partial charge in [0.15, 0.2) is 0 Å². The second-order valence-corrected chi connectivity index (χ2v) is 8.95. The Bertz CT molecular complexity index is 484. The molecule has 5 nitrogen and oxygen atoms in total. The highest BCUT2D eigenvalue weighted by Gasteiger charge is 2.42. The van der Waals surface area contributed by atoms with E-state index in [0.717, 1.165) is 25.7 Å². The molecule has 0 bridgehead atoms. The third-order valence-electron chi connectivity index (χ3n) is 4.88. The van der Waals surface area contributed by atoms with Crippen molar-refractivity contribution < 1.29 is 8.42 Å². The van der Waals surface area contributed by atoms with Crippen LogP contribution in [0.4, 0.5) is 0 Å². The largest absolute Gasteiger partial charge is 0.392 e. The topological polar surface area (TPSA) is 75.4 Å². The third kappa shape index (κ3) is 3.94. The number of nitrogens with one attached hydrogen (secondary N) is 1. The van der Waals surface area contributed by atoms with Crippen LogP contribution in [-0.2, 0) is 10.2 Å². The second kappa shape index (κ2) is 6.48. The van der Waals surface area contributed by atoms with Gasteiger partial charge in [0.25, 0.3) is 10.2 Å². The van der Waals surface area contributed by atoms with Crippen LogP contribution in [0.5, 0.6) is 0 Å². The van der Waals surface area contributed by atoms with E-state index in [2.05, 4.69) is 18.6 Å². The molecular formula is C14H27N3O2S2. The van der Waals surface area contributed by atoms with Crippen LogP contribution in [0.25, 0.3) is 0 Å². The zero-order chi connectivity index (χ0) is 15.7. The minimum absolute atomic E-state index is 0.281. The van der Waals surface area contributed by atoms with Crippen LogP contribution in [0.2, 0.25) is 0 Å². The lowest BCUT2D eigenvalue weighted by Gasteiger charge is -2.41. The van der Waals surface area contributed by atoms with Crippen LogP contribution < -0.4 is 10.5 Å². The molecule has 0 aromatic rings. The third-order valence-corrected chi connectivity index (χ3v) is 6.93. The molecule has 122 valence electrons. The minimum atomic E-state index is -3.52. The summed E-state index contributed by atoms with van der Waals surface area (Å²) in [5.74, 6) is 1.01. The lowest BCUT2D eigenvalue weighted by atomic mass is 9.78.